The van der Waals surface area contributed by atoms with Gasteiger partial charge in [-0.3, -0.25) is 0 Å². The monoisotopic (exact) mass is 647 g/mol. The number of hydrogen-bond acceptors (Lipinski definition) is 2. The van der Waals surface area contributed by atoms with Crippen molar-refractivity contribution in [3.8, 4) is 0 Å². The number of rotatable bonds is 40. The van der Waals surface area contributed by atoms with Crippen molar-refractivity contribution < 1.29 is 9.53 Å². The first-order valence-electron chi connectivity index (χ1n) is 21.6. The molecule has 0 aromatic heterocycles. The van der Waals surface area contributed by atoms with Crippen LogP contribution in [0, 0.1) is 0 Å². The number of esters is 1. The van der Waals surface area contributed by atoms with Gasteiger partial charge in [0.2, 0.25) is 0 Å². The first-order valence-corrected chi connectivity index (χ1v) is 21.6. The summed E-state index contributed by atoms with van der Waals surface area (Å²) in [5, 5.41) is 0. The highest BCUT2D eigenvalue weighted by atomic mass is 16.5. The Bertz CT molecular complexity index is 582. The average Bonchev–Trinajstić information content (AvgIpc) is 3.06. The molecule has 0 aromatic carbocycles. The third kappa shape index (κ3) is 41.2. The lowest BCUT2D eigenvalue weighted by atomic mass is 10.0. The van der Waals surface area contributed by atoms with Crippen molar-refractivity contribution >= 4 is 5.97 Å². The van der Waals surface area contributed by atoms with Gasteiger partial charge in [-0.1, -0.05) is 245 Å². The summed E-state index contributed by atoms with van der Waals surface area (Å²) in [5.74, 6) is -0.148. The first-order chi connectivity index (χ1) is 22.8. The van der Waals surface area contributed by atoms with E-state index in [9.17, 15) is 4.79 Å². The van der Waals surface area contributed by atoms with Crippen LogP contribution >= 0.6 is 0 Å². The van der Waals surface area contributed by atoms with Gasteiger partial charge in [-0.15, -0.1) is 0 Å². The SMILES string of the molecule is CCCCCCCCCCCCCCCCCCCC=CC(=O)OCCCCCCCCCCCCCCCCCCCCCC. The summed E-state index contributed by atoms with van der Waals surface area (Å²) < 4.78 is 5.39. The van der Waals surface area contributed by atoms with Gasteiger partial charge in [-0.05, 0) is 19.3 Å². The summed E-state index contributed by atoms with van der Waals surface area (Å²) in [6.45, 7) is 5.18. The van der Waals surface area contributed by atoms with Gasteiger partial charge < -0.3 is 4.74 Å². The van der Waals surface area contributed by atoms with Gasteiger partial charge in [-0.2, -0.15) is 0 Å². The molecule has 0 aliphatic rings. The lowest BCUT2D eigenvalue weighted by Crippen LogP contribution is -2.02. The van der Waals surface area contributed by atoms with E-state index in [0.717, 1.165) is 12.8 Å². The highest BCUT2D eigenvalue weighted by Gasteiger charge is 1.99. The zero-order valence-electron chi connectivity index (χ0n) is 32.0. The van der Waals surface area contributed by atoms with E-state index >= 15 is 0 Å². The average molecular weight is 647 g/mol. The lowest BCUT2D eigenvalue weighted by molar-refractivity contribution is -0.137. The second kappa shape index (κ2) is 42.2. The molecule has 0 radical (unpaired) electrons. The molecule has 0 unspecified atom stereocenters. The van der Waals surface area contributed by atoms with Crippen molar-refractivity contribution in [2.24, 2.45) is 0 Å². The van der Waals surface area contributed by atoms with Crippen molar-refractivity contribution in [1.82, 2.24) is 0 Å². The van der Waals surface area contributed by atoms with Crippen LogP contribution in [0.5, 0.6) is 0 Å². The molecule has 274 valence electrons. The minimum absolute atomic E-state index is 0.148. The highest BCUT2D eigenvalue weighted by molar-refractivity contribution is 5.81. The Hall–Kier alpha value is -0.790. The van der Waals surface area contributed by atoms with Gasteiger partial charge in [0.15, 0.2) is 0 Å². The molecule has 0 aromatic rings. The summed E-state index contributed by atoms with van der Waals surface area (Å²) in [4.78, 5) is 11.9. The highest BCUT2D eigenvalue weighted by Crippen LogP contribution is 2.16. The van der Waals surface area contributed by atoms with Crippen LogP contribution < -0.4 is 0 Å². The van der Waals surface area contributed by atoms with E-state index in [2.05, 4.69) is 13.8 Å². The number of hydrogen-bond donors (Lipinski definition) is 0. The van der Waals surface area contributed by atoms with Gasteiger partial charge in [0, 0.05) is 6.08 Å². The van der Waals surface area contributed by atoms with Gasteiger partial charge in [0.25, 0.3) is 0 Å². The fourth-order valence-corrected chi connectivity index (χ4v) is 6.74. The van der Waals surface area contributed by atoms with Crippen LogP contribution in [-0.4, -0.2) is 12.6 Å². The zero-order valence-corrected chi connectivity index (χ0v) is 32.0. The Labute approximate surface area is 291 Å². The lowest BCUT2D eigenvalue weighted by Gasteiger charge is -2.04. The molecule has 0 saturated heterocycles. The Morgan fingerprint density at radius 3 is 0.870 bits per heavy atom. The number of carbonyl (C=O) groups is 1. The number of carbonyl (C=O) groups excluding carboxylic acids is 1. The van der Waals surface area contributed by atoms with Crippen LogP contribution in [-0.2, 0) is 9.53 Å². The molecule has 0 heterocycles. The van der Waals surface area contributed by atoms with Crippen molar-refractivity contribution in [2.75, 3.05) is 6.61 Å². The number of unbranched alkanes of at least 4 members (excludes halogenated alkanes) is 36. The minimum Gasteiger partial charge on any atom is -0.463 e. The van der Waals surface area contributed by atoms with E-state index < -0.39 is 0 Å². The van der Waals surface area contributed by atoms with E-state index in [0.29, 0.717) is 6.61 Å². The molecule has 0 aliphatic carbocycles. The topological polar surface area (TPSA) is 26.3 Å². The maximum atomic E-state index is 11.9. The Balaban J connectivity index is 3.20. The quantitative estimate of drug-likeness (QED) is 0.0376. The third-order valence-electron chi connectivity index (χ3n) is 9.97. The van der Waals surface area contributed by atoms with Gasteiger partial charge in [-0.25, -0.2) is 4.79 Å². The van der Waals surface area contributed by atoms with Crippen LogP contribution in [0.3, 0.4) is 0 Å². The summed E-state index contributed by atoms with van der Waals surface area (Å²) in [5.41, 5.74) is 0. The molecule has 0 saturated carbocycles. The molecule has 2 heteroatoms. The fraction of sp³-hybridized carbons (Fsp3) is 0.932. The molecule has 46 heavy (non-hydrogen) atoms. The molecule has 0 aliphatic heterocycles. The summed E-state index contributed by atoms with van der Waals surface area (Å²) in [6, 6.07) is 0. The zero-order chi connectivity index (χ0) is 33.3. The van der Waals surface area contributed by atoms with Gasteiger partial charge >= 0.3 is 5.97 Å². The molecule has 0 atom stereocenters. The molecule has 2 nitrogen and oxygen atoms in total. The number of ether oxygens (including phenoxy) is 1. The normalized spacial score (nSPS) is 11.6. The van der Waals surface area contributed by atoms with Crippen LogP contribution in [0.25, 0.3) is 0 Å². The second-order valence-corrected chi connectivity index (χ2v) is 14.7. The maximum Gasteiger partial charge on any atom is 0.330 e. The molecule has 0 N–H and O–H groups in total. The van der Waals surface area contributed by atoms with E-state index in [-0.39, 0.29) is 5.97 Å². The standard InChI is InChI=1S/C44H86O2/c1-3-5-7-9-11-13-15-17-19-21-23-25-27-29-31-33-35-37-39-41-43-46-44(45)42-40-38-36-34-32-30-28-26-24-22-20-18-16-14-12-10-8-6-4-2/h40,42H,3-39,41,43H2,1-2H3. The smallest absolute Gasteiger partial charge is 0.330 e. The largest absolute Gasteiger partial charge is 0.463 e. The van der Waals surface area contributed by atoms with Crippen molar-refractivity contribution in [3.63, 3.8) is 0 Å². The van der Waals surface area contributed by atoms with Crippen molar-refractivity contribution in [1.29, 1.82) is 0 Å². The summed E-state index contributed by atoms with van der Waals surface area (Å²) in [7, 11) is 0. The van der Waals surface area contributed by atoms with E-state index in [4.69, 9.17) is 4.74 Å². The Morgan fingerprint density at radius 1 is 0.348 bits per heavy atom. The minimum atomic E-state index is -0.148. The Kier molecular flexibility index (Phi) is 41.5. The molecule has 0 fully saturated rings. The van der Waals surface area contributed by atoms with Gasteiger partial charge in [0.1, 0.15) is 0 Å². The Morgan fingerprint density at radius 2 is 0.587 bits per heavy atom. The third-order valence-corrected chi connectivity index (χ3v) is 9.97. The molecular formula is C44H86O2. The molecular weight excluding hydrogens is 560 g/mol. The molecule has 0 rings (SSSR count). The maximum absolute atomic E-state index is 11.9. The second-order valence-electron chi connectivity index (χ2n) is 14.7. The van der Waals surface area contributed by atoms with E-state index in [1.165, 1.54) is 231 Å². The van der Waals surface area contributed by atoms with Crippen LogP contribution in [0.4, 0.5) is 0 Å². The first kappa shape index (κ1) is 45.2. The van der Waals surface area contributed by atoms with Crippen molar-refractivity contribution in [3.05, 3.63) is 12.2 Å². The van der Waals surface area contributed by atoms with Crippen LogP contribution in [0.2, 0.25) is 0 Å². The summed E-state index contributed by atoms with van der Waals surface area (Å²) in [6.07, 6.45) is 56.3. The predicted molar refractivity (Wildman–Crippen MR) is 207 cm³/mol. The molecule has 0 amide bonds. The van der Waals surface area contributed by atoms with Crippen LogP contribution in [0.1, 0.15) is 258 Å². The predicted octanol–water partition coefficient (Wildman–Crippen LogP) is 15.9. The van der Waals surface area contributed by atoms with Crippen LogP contribution in [0.15, 0.2) is 12.2 Å². The molecule has 0 bridgehead atoms. The van der Waals surface area contributed by atoms with E-state index in [1.807, 2.05) is 6.08 Å². The summed E-state index contributed by atoms with van der Waals surface area (Å²) >= 11 is 0. The molecule has 0 spiro atoms. The number of allylic oxidation sites excluding steroid dienone is 1. The van der Waals surface area contributed by atoms with Gasteiger partial charge in [0.05, 0.1) is 6.61 Å². The van der Waals surface area contributed by atoms with Crippen molar-refractivity contribution in [2.45, 2.75) is 258 Å². The van der Waals surface area contributed by atoms with E-state index in [1.54, 1.807) is 6.08 Å². The fourth-order valence-electron chi connectivity index (χ4n) is 6.74.